The van der Waals surface area contributed by atoms with Crippen molar-refractivity contribution in [1.82, 2.24) is 4.31 Å². The number of hydrogen-bond donors (Lipinski definition) is 1. The number of carbonyl (C=O) groups excluding carboxylic acids is 1. The summed E-state index contributed by atoms with van der Waals surface area (Å²) in [5.74, 6) is -1.09. The molecule has 0 aliphatic carbocycles. The van der Waals surface area contributed by atoms with Crippen LogP contribution in [0.15, 0.2) is 53.4 Å². The first kappa shape index (κ1) is 19.1. The van der Waals surface area contributed by atoms with E-state index in [2.05, 4.69) is 5.32 Å². The molecule has 1 N–H and O–H groups in total. The lowest BCUT2D eigenvalue weighted by atomic mass is 10.2. The molecule has 2 rings (SSSR count). The Morgan fingerprint density at radius 2 is 1.88 bits per heavy atom. The van der Waals surface area contributed by atoms with Crippen LogP contribution in [0.2, 0.25) is 5.02 Å². The molecule has 0 saturated carbocycles. The maximum Gasteiger partial charge on any atom is 0.248 e. The van der Waals surface area contributed by atoms with E-state index in [-0.39, 0.29) is 15.5 Å². The van der Waals surface area contributed by atoms with Gasteiger partial charge >= 0.3 is 0 Å². The van der Waals surface area contributed by atoms with Gasteiger partial charge in [-0.1, -0.05) is 23.7 Å². The van der Waals surface area contributed by atoms with Gasteiger partial charge in [-0.25, -0.2) is 17.1 Å². The number of halogens is 2. The van der Waals surface area contributed by atoms with Crippen LogP contribution in [0.1, 0.15) is 5.56 Å². The van der Waals surface area contributed by atoms with Crippen molar-refractivity contribution in [2.75, 3.05) is 19.4 Å². The van der Waals surface area contributed by atoms with Crippen molar-refractivity contribution < 1.29 is 17.6 Å². The fourth-order valence-electron chi connectivity index (χ4n) is 1.96. The Bertz CT molecular complexity index is 907. The molecule has 2 aromatic rings. The fourth-order valence-corrected chi connectivity index (χ4v) is 3.13. The third-order valence-corrected chi connectivity index (χ3v) is 5.42. The predicted octanol–water partition coefficient (Wildman–Crippen LogP) is 3.38. The summed E-state index contributed by atoms with van der Waals surface area (Å²) in [5, 5.41) is 2.71. The second kappa shape index (κ2) is 7.77. The SMILES string of the molecule is CN(C)S(=O)(=O)c1cccc(NC(=O)/C=C/c2c(F)cccc2Cl)c1. The van der Waals surface area contributed by atoms with E-state index in [1.54, 1.807) is 6.07 Å². The Kier molecular flexibility index (Phi) is 5.94. The van der Waals surface area contributed by atoms with Gasteiger partial charge in [-0.05, 0) is 36.4 Å². The Hall–Kier alpha value is -2.22. The number of sulfonamides is 1. The zero-order valence-electron chi connectivity index (χ0n) is 13.5. The van der Waals surface area contributed by atoms with Gasteiger partial charge in [0.15, 0.2) is 0 Å². The number of rotatable bonds is 5. The van der Waals surface area contributed by atoms with Crippen LogP contribution < -0.4 is 5.32 Å². The molecule has 5 nitrogen and oxygen atoms in total. The number of hydrogen-bond acceptors (Lipinski definition) is 3. The molecule has 0 aliphatic rings. The summed E-state index contributed by atoms with van der Waals surface area (Å²) in [6.45, 7) is 0. The van der Waals surface area contributed by atoms with E-state index in [0.29, 0.717) is 5.69 Å². The smallest absolute Gasteiger partial charge is 0.248 e. The summed E-state index contributed by atoms with van der Waals surface area (Å²) in [6.07, 6.45) is 2.38. The maximum absolute atomic E-state index is 13.6. The summed E-state index contributed by atoms with van der Waals surface area (Å²) < 4.78 is 38.9. The molecule has 132 valence electrons. The van der Waals surface area contributed by atoms with Gasteiger partial charge in [-0.3, -0.25) is 4.79 Å². The third-order valence-electron chi connectivity index (χ3n) is 3.28. The van der Waals surface area contributed by atoms with Crippen molar-refractivity contribution in [3.63, 3.8) is 0 Å². The fraction of sp³-hybridized carbons (Fsp3) is 0.118. The average molecular weight is 383 g/mol. The molecule has 0 saturated heterocycles. The summed E-state index contributed by atoms with van der Waals surface area (Å²) in [7, 11) is -0.768. The lowest BCUT2D eigenvalue weighted by molar-refractivity contribution is -0.111. The zero-order chi connectivity index (χ0) is 18.6. The molecular formula is C17H16ClFN2O3S. The van der Waals surface area contributed by atoms with Crippen molar-refractivity contribution in [2.45, 2.75) is 4.90 Å². The van der Waals surface area contributed by atoms with Crippen LogP contribution in [0.4, 0.5) is 10.1 Å². The van der Waals surface area contributed by atoms with Gasteiger partial charge in [0, 0.05) is 31.4 Å². The second-order valence-corrected chi connectivity index (χ2v) is 7.83. The van der Waals surface area contributed by atoms with Crippen molar-refractivity contribution in [1.29, 1.82) is 0 Å². The highest BCUT2D eigenvalue weighted by Gasteiger charge is 2.17. The molecule has 0 unspecified atom stereocenters. The Labute approximate surface area is 150 Å². The van der Waals surface area contributed by atoms with Gasteiger partial charge in [-0.2, -0.15) is 0 Å². The van der Waals surface area contributed by atoms with E-state index in [9.17, 15) is 17.6 Å². The largest absolute Gasteiger partial charge is 0.322 e. The van der Waals surface area contributed by atoms with Crippen molar-refractivity contribution in [3.05, 3.63) is 64.9 Å². The van der Waals surface area contributed by atoms with Gasteiger partial charge in [0.05, 0.1) is 9.92 Å². The average Bonchev–Trinajstić information content (AvgIpc) is 2.54. The van der Waals surface area contributed by atoms with Crippen LogP contribution in [-0.2, 0) is 14.8 Å². The first-order chi connectivity index (χ1) is 11.7. The molecule has 0 aromatic heterocycles. The molecular weight excluding hydrogens is 367 g/mol. The summed E-state index contributed by atoms with van der Waals surface area (Å²) >= 11 is 5.88. The summed E-state index contributed by atoms with van der Waals surface area (Å²) in [4.78, 5) is 12.0. The summed E-state index contributed by atoms with van der Waals surface area (Å²) in [6, 6.07) is 10.1. The van der Waals surface area contributed by atoms with Crippen molar-refractivity contribution in [3.8, 4) is 0 Å². The highest BCUT2D eigenvalue weighted by atomic mass is 35.5. The normalized spacial score (nSPS) is 11.9. The number of benzene rings is 2. The predicted molar refractivity (Wildman–Crippen MR) is 96.4 cm³/mol. The number of carbonyl (C=O) groups is 1. The number of anilines is 1. The molecule has 0 aliphatic heterocycles. The van der Waals surface area contributed by atoms with Crippen molar-refractivity contribution in [2.24, 2.45) is 0 Å². The van der Waals surface area contributed by atoms with Crippen LogP contribution in [0.3, 0.4) is 0 Å². The summed E-state index contributed by atoms with van der Waals surface area (Å²) in [5.41, 5.74) is 0.403. The molecule has 2 aromatic carbocycles. The van der Waals surface area contributed by atoms with Gasteiger partial charge in [0.1, 0.15) is 5.82 Å². The third kappa shape index (κ3) is 4.66. The molecule has 0 bridgehead atoms. The molecule has 0 atom stereocenters. The van der Waals surface area contributed by atoms with Crippen LogP contribution in [0.25, 0.3) is 6.08 Å². The molecule has 0 radical (unpaired) electrons. The molecule has 1 amide bonds. The molecule has 25 heavy (non-hydrogen) atoms. The van der Waals surface area contributed by atoms with Gasteiger partial charge < -0.3 is 5.32 Å². The lowest BCUT2D eigenvalue weighted by Crippen LogP contribution is -2.22. The zero-order valence-corrected chi connectivity index (χ0v) is 15.1. The van der Waals surface area contributed by atoms with E-state index in [0.717, 1.165) is 10.4 Å². The second-order valence-electron chi connectivity index (χ2n) is 5.27. The first-order valence-electron chi connectivity index (χ1n) is 7.17. The topological polar surface area (TPSA) is 66.5 Å². The minimum atomic E-state index is -3.60. The minimum absolute atomic E-state index is 0.0522. The molecule has 0 spiro atoms. The Balaban J connectivity index is 2.18. The van der Waals surface area contributed by atoms with E-state index in [1.807, 2.05) is 0 Å². The highest BCUT2D eigenvalue weighted by Crippen LogP contribution is 2.21. The van der Waals surface area contributed by atoms with Crippen LogP contribution in [0.5, 0.6) is 0 Å². The molecule has 0 heterocycles. The van der Waals surface area contributed by atoms with Crippen LogP contribution >= 0.6 is 11.6 Å². The monoisotopic (exact) mass is 382 g/mol. The van der Waals surface area contributed by atoms with Gasteiger partial charge in [0.25, 0.3) is 0 Å². The van der Waals surface area contributed by atoms with Crippen LogP contribution in [-0.4, -0.2) is 32.7 Å². The quantitative estimate of drug-likeness (QED) is 0.806. The lowest BCUT2D eigenvalue weighted by Gasteiger charge is -2.12. The number of nitrogens with zero attached hydrogens (tertiary/aromatic N) is 1. The van der Waals surface area contributed by atoms with Gasteiger partial charge in [0.2, 0.25) is 15.9 Å². The van der Waals surface area contributed by atoms with Crippen molar-refractivity contribution >= 4 is 39.3 Å². The first-order valence-corrected chi connectivity index (χ1v) is 8.99. The molecule has 8 heteroatoms. The van der Waals surface area contributed by atoms with E-state index in [1.165, 1.54) is 56.6 Å². The number of nitrogens with one attached hydrogen (secondary N) is 1. The van der Waals surface area contributed by atoms with E-state index < -0.39 is 21.7 Å². The minimum Gasteiger partial charge on any atom is -0.322 e. The number of amides is 1. The standard InChI is InChI=1S/C17H16ClFN2O3S/c1-21(2)25(23,24)13-6-3-5-12(11-13)20-17(22)10-9-14-15(18)7-4-8-16(14)19/h3-11H,1-2H3,(H,20,22)/b10-9+. The van der Waals surface area contributed by atoms with Crippen LogP contribution in [0, 0.1) is 5.82 Å². The Morgan fingerprint density at radius 1 is 1.20 bits per heavy atom. The van der Waals surface area contributed by atoms with E-state index in [4.69, 9.17) is 11.6 Å². The maximum atomic E-state index is 13.6. The van der Waals surface area contributed by atoms with Gasteiger partial charge in [-0.15, -0.1) is 0 Å². The van der Waals surface area contributed by atoms with E-state index >= 15 is 0 Å². The Morgan fingerprint density at radius 3 is 2.52 bits per heavy atom. The molecule has 0 fully saturated rings. The highest BCUT2D eigenvalue weighted by molar-refractivity contribution is 7.89.